The van der Waals surface area contributed by atoms with Crippen molar-refractivity contribution in [3.63, 3.8) is 0 Å². The van der Waals surface area contributed by atoms with Crippen molar-refractivity contribution in [2.75, 3.05) is 84.5 Å². The van der Waals surface area contributed by atoms with Crippen molar-refractivity contribution in [3.05, 3.63) is 94.0 Å². The largest absolute Gasteiger partial charge is 0.484 e. The topological polar surface area (TPSA) is 126 Å². The summed E-state index contributed by atoms with van der Waals surface area (Å²) < 4.78 is 5.80. The van der Waals surface area contributed by atoms with Gasteiger partial charge in [-0.15, -0.1) is 0 Å². The molecule has 0 radical (unpaired) electrons. The predicted octanol–water partition coefficient (Wildman–Crippen LogP) is 3.67. The maximum atomic E-state index is 13.2. The third kappa shape index (κ3) is 8.64. The smallest absolute Gasteiger partial charge is 0.262 e. The standard InChI is InChI=1S/C46H57N7O6/c1-30-6-5-7-31(2)38(30)26-50-27-39(41(28-50)48(3)4)33-8-10-34(11-9-33)51-22-20-49(21-23-51)25-32-16-18-52(19-17-32)43(55)29-59-35-12-13-36-37(24-35)46(58)53(45(36)57)40-14-15-42(54)47-44(40)56/h5-13,24,32,39-41H,14-23,25-29H2,1-4H3,(H,47,54,56)/t39-,40?,41+/m1/s1. The average molecular weight is 804 g/mol. The number of likely N-dealkylation sites (N-methyl/N-ethyl adjacent to an activating group) is 1. The van der Waals surface area contributed by atoms with E-state index < -0.39 is 29.7 Å². The Labute approximate surface area is 347 Å². The Kier molecular flexibility index (Phi) is 11.9. The normalized spacial score (nSPS) is 23.3. The Balaban J connectivity index is 0.766. The molecule has 4 saturated heterocycles. The maximum absolute atomic E-state index is 13.2. The van der Waals surface area contributed by atoms with Crippen LogP contribution in [0.3, 0.4) is 0 Å². The van der Waals surface area contributed by atoms with Gasteiger partial charge in [-0.1, -0.05) is 30.3 Å². The SMILES string of the molecule is Cc1cccc(C)c1CN1C[C@H](c2ccc(N3CCN(CC4CCN(C(=O)COc5ccc6c(c5)C(=O)N(C5CCC(=O)NC5=O)C6=O)CC4)CC3)cc2)[C@@H](N(C)C)C1. The quantitative estimate of drug-likeness (QED) is 0.287. The number of carbonyl (C=O) groups is 5. The Morgan fingerprint density at radius 3 is 2.17 bits per heavy atom. The molecule has 5 heterocycles. The van der Waals surface area contributed by atoms with Crippen molar-refractivity contribution in [1.82, 2.24) is 29.8 Å². The number of ether oxygens (including phenoxy) is 1. The van der Waals surface area contributed by atoms with Crippen LogP contribution in [0, 0.1) is 19.8 Å². The summed E-state index contributed by atoms with van der Waals surface area (Å²) in [4.78, 5) is 76.1. The molecule has 3 atom stereocenters. The van der Waals surface area contributed by atoms with E-state index in [0.717, 1.165) is 70.1 Å². The molecule has 13 heteroatoms. The highest BCUT2D eigenvalue weighted by molar-refractivity contribution is 6.23. The van der Waals surface area contributed by atoms with Crippen molar-refractivity contribution in [2.24, 2.45) is 5.92 Å². The molecule has 1 N–H and O–H groups in total. The minimum atomic E-state index is -1.03. The van der Waals surface area contributed by atoms with Crippen LogP contribution in [0.5, 0.6) is 5.75 Å². The summed E-state index contributed by atoms with van der Waals surface area (Å²) in [6, 6.07) is 19.9. The number of anilines is 1. The van der Waals surface area contributed by atoms with E-state index in [9.17, 15) is 24.0 Å². The van der Waals surface area contributed by atoms with Gasteiger partial charge in [-0.3, -0.25) is 44.0 Å². The minimum absolute atomic E-state index is 0.0541. The Bertz CT molecular complexity index is 2070. The fourth-order valence-corrected chi connectivity index (χ4v) is 9.80. The van der Waals surface area contributed by atoms with Gasteiger partial charge in [-0.25, -0.2) is 0 Å². The van der Waals surface area contributed by atoms with Gasteiger partial charge in [-0.2, -0.15) is 0 Å². The number of aryl methyl sites for hydroxylation is 2. The van der Waals surface area contributed by atoms with Gasteiger partial charge >= 0.3 is 0 Å². The molecule has 1 unspecified atom stereocenters. The summed E-state index contributed by atoms with van der Waals surface area (Å²) in [5.41, 5.74) is 7.22. The van der Waals surface area contributed by atoms with E-state index in [-0.39, 0.29) is 36.5 Å². The molecular formula is C46H57N7O6. The van der Waals surface area contributed by atoms with Gasteiger partial charge in [-0.05, 0) is 106 Å². The summed E-state index contributed by atoms with van der Waals surface area (Å²) in [6.45, 7) is 13.8. The first-order valence-corrected chi connectivity index (χ1v) is 21.2. The Morgan fingerprint density at radius 1 is 0.797 bits per heavy atom. The number of carbonyl (C=O) groups excluding carboxylic acids is 5. The van der Waals surface area contributed by atoms with Crippen molar-refractivity contribution in [3.8, 4) is 5.75 Å². The predicted molar refractivity (Wildman–Crippen MR) is 224 cm³/mol. The molecule has 0 aliphatic carbocycles. The summed E-state index contributed by atoms with van der Waals surface area (Å²) in [5.74, 6) is -1.07. The number of likely N-dealkylation sites (tertiary alicyclic amines) is 2. The van der Waals surface area contributed by atoms with Crippen LogP contribution in [0.15, 0.2) is 60.7 Å². The van der Waals surface area contributed by atoms with E-state index >= 15 is 0 Å². The van der Waals surface area contributed by atoms with E-state index in [1.54, 1.807) is 6.07 Å². The number of hydrogen-bond acceptors (Lipinski definition) is 10. The van der Waals surface area contributed by atoms with Gasteiger partial charge in [0.1, 0.15) is 11.8 Å². The first-order valence-electron chi connectivity index (χ1n) is 21.2. The van der Waals surface area contributed by atoms with E-state index in [2.05, 4.69) is 95.3 Å². The van der Waals surface area contributed by atoms with Crippen LogP contribution in [-0.4, -0.2) is 146 Å². The zero-order valence-electron chi connectivity index (χ0n) is 34.8. The molecule has 312 valence electrons. The molecule has 0 spiro atoms. The van der Waals surface area contributed by atoms with Gasteiger partial charge in [0.15, 0.2) is 6.61 Å². The molecule has 8 rings (SSSR count). The van der Waals surface area contributed by atoms with Crippen molar-refractivity contribution < 1.29 is 28.7 Å². The van der Waals surface area contributed by atoms with Crippen LogP contribution in [0.25, 0.3) is 0 Å². The van der Waals surface area contributed by atoms with Crippen LogP contribution in [-0.2, 0) is 20.9 Å². The number of piperazine rings is 1. The van der Waals surface area contributed by atoms with Crippen molar-refractivity contribution in [2.45, 2.75) is 64.1 Å². The Morgan fingerprint density at radius 2 is 1.49 bits per heavy atom. The van der Waals surface area contributed by atoms with Gasteiger partial charge in [0.2, 0.25) is 11.8 Å². The van der Waals surface area contributed by atoms with E-state index in [4.69, 9.17) is 4.74 Å². The van der Waals surface area contributed by atoms with E-state index in [0.29, 0.717) is 36.7 Å². The highest BCUT2D eigenvalue weighted by Crippen LogP contribution is 2.34. The molecule has 5 aliphatic heterocycles. The highest BCUT2D eigenvalue weighted by atomic mass is 16.5. The second-order valence-electron chi connectivity index (χ2n) is 17.3. The number of piperidine rings is 2. The summed E-state index contributed by atoms with van der Waals surface area (Å²) in [6.07, 6.45) is 2.02. The zero-order chi connectivity index (χ0) is 41.4. The van der Waals surface area contributed by atoms with Crippen LogP contribution in [0.1, 0.15) is 74.6 Å². The first-order chi connectivity index (χ1) is 28.4. The number of fused-ring (bicyclic) bond motifs is 1. The highest BCUT2D eigenvalue weighted by Gasteiger charge is 2.45. The second kappa shape index (κ2) is 17.2. The van der Waals surface area contributed by atoms with Crippen LogP contribution in [0.2, 0.25) is 0 Å². The lowest BCUT2D eigenvalue weighted by Crippen LogP contribution is -2.54. The van der Waals surface area contributed by atoms with Crippen molar-refractivity contribution in [1.29, 1.82) is 0 Å². The van der Waals surface area contributed by atoms with Gasteiger partial charge in [0.25, 0.3) is 17.7 Å². The van der Waals surface area contributed by atoms with Crippen molar-refractivity contribution >= 4 is 35.2 Å². The molecule has 3 aromatic carbocycles. The molecule has 0 bridgehead atoms. The zero-order valence-corrected chi connectivity index (χ0v) is 34.8. The maximum Gasteiger partial charge on any atom is 0.262 e. The van der Waals surface area contributed by atoms with Crippen LogP contribution in [0.4, 0.5) is 5.69 Å². The minimum Gasteiger partial charge on any atom is -0.484 e. The summed E-state index contributed by atoms with van der Waals surface area (Å²) in [7, 11) is 4.43. The molecule has 0 aromatic heterocycles. The average Bonchev–Trinajstić information content (AvgIpc) is 3.77. The molecule has 59 heavy (non-hydrogen) atoms. The molecule has 5 amide bonds. The Hall–Kier alpha value is -5.11. The molecule has 3 aromatic rings. The third-order valence-corrected chi connectivity index (χ3v) is 13.4. The lowest BCUT2D eigenvalue weighted by atomic mass is 9.93. The third-order valence-electron chi connectivity index (χ3n) is 13.4. The number of rotatable bonds is 11. The van der Waals surface area contributed by atoms with Gasteiger partial charge < -0.3 is 19.4 Å². The molecule has 13 nitrogen and oxygen atoms in total. The second-order valence-corrected chi connectivity index (χ2v) is 17.3. The van der Waals surface area contributed by atoms with E-state index in [1.165, 1.54) is 40.1 Å². The fraction of sp³-hybridized carbons (Fsp3) is 0.500. The molecule has 0 saturated carbocycles. The molecular weight excluding hydrogens is 747 g/mol. The molecule has 4 fully saturated rings. The summed E-state index contributed by atoms with van der Waals surface area (Å²) in [5, 5.41) is 2.20. The monoisotopic (exact) mass is 803 g/mol. The number of hydrogen-bond donors (Lipinski definition) is 1. The van der Waals surface area contributed by atoms with Gasteiger partial charge in [0, 0.05) is 89.5 Å². The lowest BCUT2D eigenvalue weighted by molar-refractivity contribution is -0.136. The van der Waals surface area contributed by atoms with Crippen LogP contribution >= 0.6 is 0 Å². The number of imide groups is 2. The van der Waals surface area contributed by atoms with Crippen LogP contribution < -0.4 is 15.0 Å². The number of nitrogens with zero attached hydrogens (tertiary/aromatic N) is 6. The first kappa shape index (κ1) is 40.7. The summed E-state index contributed by atoms with van der Waals surface area (Å²) >= 11 is 0. The number of amides is 5. The number of benzene rings is 3. The van der Waals surface area contributed by atoms with E-state index in [1.807, 2.05) is 4.90 Å². The molecule has 5 aliphatic rings. The fourth-order valence-electron chi connectivity index (χ4n) is 9.80. The number of nitrogens with one attached hydrogen (secondary N) is 1. The lowest BCUT2D eigenvalue weighted by Gasteiger charge is -2.39. The van der Waals surface area contributed by atoms with Gasteiger partial charge in [0.05, 0.1) is 11.1 Å².